The number of aromatic amines is 1. The largest absolute Gasteiger partial charge is 0.323 e. The molecule has 0 aliphatic heterocycles. The van der Waals surface area contributed by atoms with Crippen molar-refractivity contribution in [3.05, 3.63) is 46.7 Å². The molecule has 1 amide bonds. The lowest BCUT2D eigenvalue weighted by Gasteiger charge is -2.03. The number of unbranched alkanes of at least 4 members (excludes halogenated alkanes) is 1. The summed E-state index contributed by atoms with van der Waals surface area (Å²) in [5, 5.41) is 9.22. The van der Waals surface area contributed by atoms with Crippen LogP contribution in [0, 0.1) is 0 Å². The smallest absolute Gasteiger partial charge is 0.224 e. The van der Waals surface area contributed by atoms with Gasteiger partial charge in [-0.3, -0.25) is 9.89 Å². The van der Waals surface area contributed by atoms with Crippen LogP contribution in [0.5, 0.6) is 0 Å². The number of benzene rings is 1. The second-order valence-corrected chi connectivity index (χ2v) is 5.28. The Hall–Kier alpha value is -1.62. The number of hydrogen-bond acceptors (Lipinski definition) is 2. The lowest BCUT2D eigenvalue weighted by Crippen LogP contribution is -2.10. The molecule has 0 radical (unpaired) electrons. The fourth-order valence-corrected chi connectivity index (χ4v) is 2.07. The van der Waals surface area contributed by atoms with Crippen molar-refractivity contribution in [2.24, 2.45) is 0 Å². The Labute approximate surface area is 120 Å². The average molecular weight is 322 g/mol. The summed E-state index contributed by atoms with van der Waals surface area (Å²) in [5.41, 5.74) is 2.02. The SMILES string of the molecule is O=C(CCCCc1ccc(Br)cc1)Nc1cn[nH]c1. The summed E-state index contributed by atoms with van der Waals surface area (Å²) >= 11 is 3.41. The number of rotatable bonds is 6. The van der Waals surface area contributed by atoms with Crippen LogP contribution in [0.2, 0.25) is 0 Å². The Bertz CT molecular complexity index is 508. The minimum atomic E-state index is 0.0391. The van der Waals surface area contributed by atoms with Gasteiger partial charge in [0.05, 0.1) is 11.9 Å². The van der Waals surface area contributed by atoms with Gasteiger partial charge >= 0.3 is 0 Å². The Balaban J connectivity index is 1.64. The molecule has 5 heteroatoms. The number of carbonyl (C=O) groups excluding carboxylic acids is 1. The van der Waals surface area contributed by atoms with Crippen LogP contribution in [0.25, 0.3) is 0 Å². The van der Waals surface area contributed by atoms with Gasteiger partial charge in [-0.05, 0) is 37.0 Å². The highest BCUT2D eigenvalue weighted by atomic mass is 79.9. The zero-order valence-electron chi connectivity index (χ0n) is 10.5. The topological polar surface area (TPSA) is 57.8 Å². The third kappa shape index (κ3) is 4.87. The lowest BCUT2D eigenvalue weighted by molar-refractivity contribution is -0.116. The molecular weight excluding hydrogens is 306 g/mol. The average Bonchev–Trinajstić information content (AvgIpc) is 2.89. The van der Waals surface area contributed by atoms with E-state index >= 15 is 0 Å². The van der Waals surface area contributed by atoms with Gasteiger partial charge in [0.25, 0.3) is 0 Å². The summed E-state index contributed by atoms with van der Waals surface area (Å²) in [6.45, 7) is 0. The Morgan fingerprint density at radius 3 is 2.74 bits per heavy atom. The molecule has 0 bridgehead atoms. The van der Waals surface area contributed by atoms with Gasteiger partial charge in [-0.1, -0.05) is 28.1 Å². The van der Waals surface area contributed by atoms with Gasteiger partial charge in [0, 0.05) is 17.1 Å². The van der Waals surface area contributed by atoms with E-state index in [0.717, 1.165) is 29.4 Å². The van der Waals surface area contributed by atoms with Crippen molar-refractivity contribution in [2.45, 2.75) is 25.7 Å². The number of H-pyrrole nitrogens is 1. The van der Waals surface area contributed by atoms with E-state index in [1.54, 1.807) is 12.4 Å². The molecule has 0 spiro atoms. The maximum Gasteiger partial charge on any atom is 0.224 e. The highest BCUT2D eigenvalue weighted by Gasteiger charge is 2.03. The minimum absolute atomic E-state index is 0.0391. The lowest BCUT2D eigenvalue weighted by atomic mass is 10.1. The quantitative estimate of drug-likeness (QED) is 0.800. The van der Waals surface area contributed by atoms with Crippen LogP contribution in [0.15, 0.2) is 41.1 Å². The Kier molecular flexibility index (Phi) is 5.15. The number of carbonyl (C=O) groups is 1. The monoisotopic (exact) mass is 321 g/mol. The fourth-order valence-electron chi connectivity index (χ4n) is 1.81. The number of aromatic nitrogens is 2. The first-order chi connectivity index (χ1) is 9.24. The molecule has 1 aromatic carbocycles. The van der Waals surface area contributed by atoms with Crippen LogP contribution in [-0.4, -0.2) is 16.1 Å². The van der Waals surface area contributed by atoms with Crippen LogP contribution < -0.4 is 5.32 Å². The van der Waals surface area contributed by atoms with Crippen LogP contribution in [-0.2, 0) is 11.2 Å². The second kappa shape index (κ2) is 7.09. The van der Waals surface area contributed by atoms with Gasteiger partial charge < -0.3 is 5.32 Å². The summed E-state index contributed by atoms with van der Waals surface area (Å²) in [5.74, 6) is 0.0391. The third-order valence-electron chi connectivity index (χ3n) is 2.81. The molecular formula is C14H16BrN3O. The van der Waals surface area contributed by atoms with E-state index in [4.69, 9.17) is 0 Å². The van der Waals surface area contributed by atoms with E-state index in [1.165, 1.54) is 5.56 Å². The summed E-state index contributed by atoms with van der Waals surface area (Å²) in [6.07, 6.45) is 6.72. The third-order valence-corrected chi connectivity index (χ3v) is 3.34. The summed E-state index contributed by atoms with van der Waals surface area (Å²) in [7, 11) is 0. The van der Waals surface area contributed by atoms with Crippen molar-refractivity contribution in [1.82, 2.24) is 10.2 Å². The summed E-state index contributed by atoms with van der Waals surface area (Å²) in [4.78, 5) is 11.6. The normalized spacial score (nSPS) is 10.4. The van der Waals surface area contributed by atoms with Crippen molar-refractivity contribution in [3.8, 4) is 0 Å². The number of nitrogens with one attached hydrogen (secondary N) is 2. The molecule has 0 aliphatic rings. The molecule has 0 saturated heterocycles. The van der Waals surface area contributed by atoms with Gasteiger partial charge in [0.15, 0.2) is 0 Å². The van der Waals surface area contributed by atoms with Crippen molar-refractivity contribution in [1.29, 1.82) is 0 Å². The second-order valence-electron chi connectivity index (χ2n) is 4.37. The first-order valence-corrected chi connectivity index (χ1v) is 7.06. The Morgan fingerprint density at radius 2 is 2.05 bits per heavy atom. The van der Waals surface area contributed by atoms with E-state index in [9.17, 15) is 4.79 Å². The number of aryl methyl sites for hydroxylation is 1. The molecule has 19 heavy (non-hydrogen) atoms. The van der Waals surface area contributed by atoms with E-state index in [1.807, 2.05) is 12.1 Å². The van der Waals surface area contributed by atoms with E-state index in [-0.39, 0.29) is 5.91 Å². The summed E-state index contributed by atoms with van der Waals surface area (Å²) in [6, 6.07) is 8.30. The van der Waals surface area contributed by atoms with Crippen molar-refractivity contribution >= 4 is 27.5 Å². The number of hydrogen-bond donors (Lipinski definition) is 2. The van der Waals surface area contributed by atoms with Crippen LogP contribution in [0.1, 0.15) is 24.8 Å². The van der Waals surface area contributed by atoms with Gasteiger partial charge in [-0.25, -0.2) is 0 Å². The fraction of sp³-hybridized carbons (Fsp3) is 0.286. The highest BCUT2D eigenvalue weighted by Crippen LogP contribution is 2.13. The van der Waals surface area contributed by atoms with E-state index in [0.29, 0.717) is 6.42 Å². The maximum atomic E-state index is 11.6. The zero-order chi connectivity index (χ0) is 13.5. The van der Waals surface area contributed by atoms with Gasteiger partial charge in [0.1, 0.15) is 0 Å². The van der Waals surface area contributed by atoms with Gasteiger partial charge in [-0.15, -0.1) is 0 Å². The molecule has 2 aromatic rings. The molecule has 0 aliphatic carbocycles. The number of anilines is 1. The standard InChI is InChI=1S/C14H16BrN3O/c15-12-7-5-11(6-8-12)3-1-2-4-14(19)18-13-9-16-17-10-13/h5-10H,1-4H2,(H,16,17)(H,18,19). The predicted molar refractivity (Wildman–Crippen MR) is 78.9 cm³/mol. The molecule has 0 unspecified atom stereocenters. The maximum absolute atomic E-state index is 11.6. The van der Waals surface area contributed by atoms with Crippen LogP contribution >= 0.6 is 15.9 Å². The predicted octanol–water partition coefficient (Wildman–Crippen LogP) is 3.52. The molecule has 1 heterocycles. The van der Waals surface area contributed by atoms with Crippen molar-refractivity contribution in [2.75, 3.05) is 5.32 Å². The van der Waals surface area contributed by atoms with Crippen molar-refractivity contribution < 1.29 is 4.79 Å². The summed E-state index contributed by atoms with van der Waals surface area (Å²) < 4.78 is 1.09. The molecule has 1 aromatic heterocycles. The number of halogens is 1. The molecule has 2 rings (SSSR count). The zero-order valence-corrected chi connectivity index (χ0v) is 12.1. The first-order valence-electron chi connectivity index (χ1n) is 6.27. The van der Waals surface area contributed by atoms with Gasteiger partial charge in [0.2, 0.25) is 5.91 Å². The molecule has 100 valence electrons. The van der Waals surface area contributed by atoms with E-state index < -0.39 is 0 Å². The minimum Gasteiger partial charge on any atom is -0.323 e. The molecule has 2 N–H and O–H groups in total. The Morgan fingerprint density at radius 1 is 1.26 bits per heavy atom. The van der Waals surface area contributed by atoms with Crippen LogP contribution in [0.3, 0.4) is 0 Å². The molecule has 0 atom stereocenters. The molecule has 0 fully saturated rings. The van der Waals surface area contributed by atoms with Gasteiger partial charge in [-0.2, -0.15) is 5.10 Å². The first kappa shape index (κ1) is 13.8. The highest BCUT2D eigenvalue weighted by molar-refractivity contribution is 9.10. The molecule has 4 nitrogen and oxygen atoms in total. The van der Waals surface area contributed by atoms with E-state index in [2.05, 4.69) is 43.6 Å². The van der Waals surface area contributed by atoms with Crippen molar-refractivity contribution in [3.63, 3.8) is 0 Å². The van der Waals surface area contributed by atoms with Crippen LogP contribution in [0.4, 0.5) is 5.69 Å². The molecule has 0 saturated carbocycles. The number of nitrogens with zero attached hydrogens (tertiary/aromatic N) is 1. The number of amides is 1.